The summed E-state index contributed by atoms with van der Waals surface area (Å²) in [4.78, 5) is 25.6. The molecule has 0 radical (unpaired) electrons. The fraction of sp³-hybridized carbons (Fsp3) is 0.263. The number of rotatable bonds is 5. The second kappa shape index (κ2) is 8.42. The molecule has 0 saturated carbocycles. The smallest absolute Gasteiger partial charge is 0.416 e. The Morgan fingerprint density at radius 1 is 1.28 bits per heavy atom. The van der Waals surface area contributed by atoms with Gasteiger partial charge in [-0.15, -0.1) is 0 Å². The zero-order valence-electron chi connectivity index (χ0n) is 14.9. The van der Waals surface area contributed by atoms with E-state index in [4.69, 9.17) is 4.74 Å². The Bertz CT molecular complexity index is 936. The van der Waals surface area contributed by atoms with E-state index in [2.05, 4.69) is 21.2 Å². The standard InChI is InChI=1S/C19H16BrF3N2O4/c20-11-5-6-14-16(7-11)29-10-18(28)25(14)9-17(27)24-8-15(26)12-3-1-2-4-13(12)19(21,22)23/h1-7,15,26H,8-10H2,(H,24,27). The molecule has 0 spiro atoms. The van der Waals surface area contributed by atoms with E-state index in [0.29, 0.717) is 11.4 Å². The molecule has 1 aliphatic rings. The molecule has 3 rings (SSSR count). The molecule has 29 heavy (non-hydrogen) atoms. The summed E-state index contributed by atoms with van der Waals surface area (Å²) in [5, 5.41) is 12.5. The van der Waals surface area contributed by atoms with Crippen LogP contribution in [0.3, 0.4) is 0 Å². The van der Waals surface area contributed by atoms with Crippen molar-refractivity contribution in [1.82, 2.24) is 5.32 Å². The molecule has 10 heteroatoms. The van der Waals surface area contributed by atoms with E-state index in [1.165, 1.54) is 17.0 Å². The molecule has 0 aliphatic carbocycles. The lowest BCUT2D eigenvalue weighted by molar-refractivity contribution is -0.139. The van der Waals surface area contributed by atoms with Gasteiger partial charge in [0.15, 0.2) is 6.61 Å². The second-order valence-electron chi connectivity index (χ2n) is 6.29. The van der Waals surface area contributed by atoms with Gasteiger partial charge in [0.05, 0.1) is 17.4 Å². The lowest BCUT2D eigenvalue weighted by Crippen LogP contribution is -2.45. The predicted molar refractivity (Wildman–Crippen MR) is 101 cm³/mol. The molecule has 0 bridgehead atoms. The number of ether oxygens (including phenoxy) is 1. The molecule has 2 amide bonds. The van der Waals surface area contributed by atoms with Crippen LogP contribution in [-0.2, 0) is 15.8 Å². The first-order valence-corrected chi connectivity index (χ1v) is 9.29. The van der Waals surface area contributed by atoms with Gasteiger partial charge in [-0.1, -0.05) is 34.1 Å². The molecule has 1 aliphatic heterocycles. The van der Waals surface area contributed by atoms with Crippen molar-refractivity contribution in [2.75, 3.05) is 24.6 Å². The van der Waals surface area contributed by atoms with Crippen LogP contribution in [0.4, 0.5) is 18.9 Å². The van der Waals surface area contributed by atoms with E-state index in [1.807, 2.05) is 0 Å². The summed E-state index contributed by atoms with van der Waals surface area (Å²) in [6.07, 6.45) is -6.18. The molecular formula is C19H16BrF3N2O4. The van der Waals surface area contributed by atoms with Crippen LogP contribution >= 0.6 is 15.9 Å². The molecule has 2 aromatic carbocycles. The number of fused-ring (bicyclic) bond motifs is 1. The SMILES string of the molecule is O=C(CN1C(=O)COc2cc(Br)ccc21)NCC(O)c1ccccc1C(F)(F)F. The molecule has 2 aromatic rings. The van der Waals surface area contributed by atoms with Crippen molar-refractivity contribution in [1.29, 1.82) is 0 Å². The van der Waals surface area contributed by atoms with Crippen molar-refractivity contribution in [2.45, 2.75) is 12.3 Å². The van der Waals surface area contributed by atoms with E-state index in [9.17, 15) is 27.9 Å². The normalized spacial score (nSPS) is 14.8. The van der Waals surface area contributed by atoms with Gasteiger partial charge in [0, 0.05) is 11.0 Å². The number of hydrogen-bond donors (Lipinski definition) is 2. The van der Waals surface area contributed by atoms with Crippen molar-refractivity contribution >= 4 is 33.4 Å². The van der Waals surface area contributed by atoms with Gasteiger partial charge in [-0.2, -0.15) is 13.2 Å². The largest absolute Gasteiger partial charge is 0.482 e. The molecule has 1 atom stereocenters. The number of nitrogens with zero attached hydrogens (tertiary/aromatic N) is 1. The molecule has 2 N–H and O–H groups in total. The second-order valence-corrected chi connectivity index (χ2v) is 7.20. The quantitative estimate of drug-likeness (QED) is 0.700. The third-order valence-corrected chi connectivity index (χ3v) is 4.78. The summed E-state index contributed by atoms with van der Waals surface area (Å²) in [5.41, 5.74) is -0.898. The van der Waals surface area contributed by atoms with E-state index < -0.39 is 36.2 Å². The minimum Gasteiger partial charge on any atom is -0.482 e. The average molecular weight is 473 g/mol. The Morgan fingerprint density at radius 3 is 2.72 bits per heavy atom. The monoisotopic (exact) mass is 472 g/mol. The number of alkyl halides is 3. The first kappa shape index (κ1) is 21.1. The lowest BCUT2D eigenvalue weighted by Gasteiger charge is -2.29. The van der Waals surface area contributed by atoms with Crippen LogP contribution in [0, 0.1) is 0 Å². The van der Waals surface area contributed by atoms with Crippen LogP contribution < -0.4 is 15.0 Å². The third-order valence-electron chi connectivity index (χ3n) is 4.28. The highest BCUT2D eigenvalue weighted by Gasteiger charge is 2.35. The van der Waals surface area contributed by atoms with E-state index in [0.717, 1.165) is 16.6 Å². The Hall–Kier alpha value is -2.59. The highest BCUT2D eigenvalue weighted by Crippen LogP contribution is 2.35. The van der Waals surface area contributed by atoms with Gasteiger partial charge in [-0.3, -0.25) is 14.5 Å². The molecular weight excluding hydrogens is 457 g/mol. The number of anilines is 1. The summed E-state index contributed by atoms with van der Waals surface area (Å²) < 4.78 is 45.3. The summed E-state index contributed by atoms with van der Waals surface area (Å²) in [6, 6.07) is 9.56. The van der Waals surface area contributed by atoms with Gasteiger partial charge in [0.25, 0.3) is 5.91 Å². The van der Waals surface area contributed by atoms with Crippen LogP contribution in [0.5, 0.6) is 5.75 Å². The number of benzene rings is 2. The highest BCUT2D eigenvalue weighted by molar-refractivity contribution is 9.10. The number of nitrogens with one attached hydrogen (secondary N) is 1. The Morgan fingerprint density at radius 2 is 2.00 bits per heavy atom. The maximum Gasteiger partial charge on any atom is 0.416 e. The van der Waals surface area contributed by atoms with Crippen LogP contribution in [0.15, 0.2) is 46.9 Å². The van der Waals surface area contributed by atoms with E-state index in [1.54, 1.807) is 18.2 Å². The number of aliphatic hydroxyl groups is 1. The van der Waals surface area contributed by atoms with Crippen LogP contribution in [-0.4, -0.2) is 36.6 Å². The molecule has 0 fully saturated rings. The van der Waals surface area contributed by atoms with Gasteiger partial charge in [-0.05, 0) is 29.8 Å². The van der Waals surface area contributed by atoms with Crippen LogP contribution in [0.2, 0.25) is 0 Å². The predicted octanol–water partition coefficient (Wildman–Crippen LogP) is 3.04. The minimum atomic E-state index is -4.63. The van der Waals surface area contributed by atoms with E-state index in [-0.39, 0.29) is 18.7 Å². The summed E-state index contributed by atoms with van der Waals surface area (Å²) in [5.74, 6) is -0.637. The van der Waals surface area contributed by atoms with Gasteiger partial charge in [0.2, 0.25) is 5.91 Å². The zero-order valence-corrected chi connectivity index (χ0v) is 16.5. The maximum atomic E-state index is 13.1. The van der Waals surface area contributed by atoms with Crippen molar-refractivity contribution in [3.8, 4) is 5.75 Å². The highest BCUT2D eigenvalue weighted by atomic mass is 79.9. The molecule has 6 nitrogen and oxygen atoms in total. The van der Waals surface area contributed by atoms with Gasteiger partial charge in [-0.25, -0.2) is 0 Å². The number of carbonyl (C=O) groups is 2. The fourth-order valence-electron chi connectivity index (χ4n) is 2.92. The lowest BCUT2D eigenvalue weighted by atomic mass is 10.0. The molecule has 0 saturated heterocycles. The van der Waals surface area contributed by atoms with Crippen molar-refractivity contribution < 1.29 is 32.6 Å². The topological polar surface area (TPSA) is 78.9 Å². The fourth-order valence-corrected chi connectivity index (χ4v) is 3.26. The molecule has 154 valence electrons. The van der Waals surface area contributed by atoms with Crippen molar-refractivity contribution in [3.05, 3.63) is 58.1 Å². The van der Waals surface area contributed by atoms with Gasteiger partial charge >= 0.3 is 6.18 Å². The van der Waals surface area contributed by atoms with Crippen molar-refractivity contribution in [2.24, 2.45) is 0 Å². The maximum absolute atomic E-state index is 13.1. The summed E-state index contributed by atoms with van der Waals surface area (Å²) in [7, 11) is 0. The minimum absolute atomic E-state index is 0.238. The Kier molecular flexibility index (Phi) is 6.13. The summed E-state index contributed by atoms with van der Waals surface area (Å²) in [6.45, 7) is -1.03. The molecule has 1 heterocycles. The average Bonchev–Trinajstić information content (AvgIpc) is 2.67. The van der Waals surface area contributed by atoms with Crippen LogP contribution in [0.1, 0.15) is 17.2 Å². The Labute approximate surface area is 172 Å². The molecule has 0 aromatic heterocycles. The first-order chi connectivity index (χ1) is 13.7. The number of carbonyl (C=O) groups excluding carboxylic acids is 2. The number of hydrogen-bond acceptors (Lipinski definition) is 4. The van der Waals surface area contributed by atoms with Gasteiger partial charge in [0.1, 0.15) is 12.3 Å². The Balaban J connectivity index is 1.66. The van der Waals surface area contributed by atoms with Gasteiger partial charge < -0.3 is 15.2 Å². The summed E-state index contributed by atoms with van der Waals surface area (Å²) >= 11 is 3.29. The third kappa shape index (κ3) is 4.88. The zero-order chi connectivity index (χ0) is 21.2. The van der Waals surface area contributed by atoms with Crippen molar-refractivity contribution in [3.63, 3.8) is 0 Å². The number of halogens is 4. The van der Waals surface area contributed by atoms with E-state index >= 15 is 0 Å². The molecule has 1 unspecified atom stereocenters. The first-order valence-electron chi connectivity index (χ1n) is 8.50. The van der Waals surface area contributed by atoms with Crippen LogP contribution in [0.25, 0.3) is 0 Å². The number of aliphatic hydroxyl groups excluding tert-OH is 1. The number of amides is 2.